The van der Waals surface area contributed by atoms with Gasteiger partial charge in [-0.1, -0.05) is 12.1 Å². The molecule has 1 aromatic carbocycles. The lowest BCUT2D eigenvalue weighted by Gasteiger charge is -2.24. The van der Waals surface area contributed by atoms with Gasteiger partial charge in [-0.05, 0) is 36.1 Å². The molecule has 1 spiro atoms. The van der Waals surface area contributed by atoms with E-state index in [0.29, 0.717) is 42.4 Å². The zero-order valence-electron chi connectivity index (χ0n) is 13.4. The smallest absolute Gasteiger partial charge is 0.252 e. The van der Waals surface area contributed by atoms with Crippen molar-refractivity contribution in [1.29, 1.82) is 0 Å². The average molecular weight is 380 g/mol. The fourth-order valence-electron chi connectivity index (χ4n) is 3.69. The van der Waals surface area contributed by atoms with E-state index in [4.69, 9.17) is 0 Å². The van der Waals surface area contributed by atoms with E-state index >= 15 is 0 Å². The highest BCUT2D eigenvalue weighted by Crippen LogP contribution is 2.43. The maximum atomic E-state index is 13.5. The minimum absolute atomic E-state index is 0.0824. The fraction of sp³-hybridized carbons (Fsp3) is 0.353. The number of rotatable bonds is 3. The molecule has 0 saturated carbocycles. The fourth-order valence-corrected chi connectivity index (χ4v) is 6.38. The van der Waals surface area contributed by atoms with Gasteiger partial charge in [-0.2, -0.15) is 4.31 Å². The van der Waals surface area contributed by atoms with Crippen LogP contribution in [0, 0.1) is 11.2 Å². The molecule has 1 aromatic heterocycles. The van der Waals surface area contributed by atoms with Gasteiger partial charge in [-0.3, -0.25) is 4.79 Å². The van der Waals surface area contributed by atoms with Crippen LogP contribution < -0.4 is 4.90 Å². The Labute approximate surface area is 149 Å². The first kappa shape index (κ1) is 16.7. The summed E-state index contributed by atoms with van der Waals surface area (Å²) in [5.74, 6) is -0.472. The summed E-state index contributed by atoms with van der Waals surface area (Å²) in [4.78, 5) is 14.0. The monoisotopic (exact) mass is 380 g/mol. The third-order valence-electron chi connectivity index (χ3n) is 4.93. The number of halogens is 1. The van der Waals surface area contributed by atoms with Crippen molar-refractivity contribution in [2.45, 2.75) is 17.1 Å². The van der Waals surface area contributed by atoms with E-state index in [-0.39, 0.29) is 11.7 Å². The Balaban J connectivity index is 1.56. The van der Waals surface area contributed by atoms with Crippen molar-refractivity contribution < 1.29 is 17.6 Å². The molecule has 2 aliphatic rings. The topological polar surface area (TPSA) is 57.7 Å². The SMILES string of the molecule is O=C1C[C@@]2(CCN(S(=O)(=O)c3cccs3)C2)CN1c1cccc(F)c1. The van der Waals surface area contributed by atoms with Gasteiger partial charge in [0.15, 0.2) is 0 Å². The van der Waals surface area contributed by atoms with E-state index in [9.17, 15) is 17.6 Å². The third-order valence-corrected chi connectivity index (χ3v) is 8.15. The van der Waals surface area contributed by atoms with Gasteiger partial charge in [-0.25, -0.2) is 12.8 Å². The number of benzene rings is 1. The Morgan fingerprint density at radius 1 is 1.16 bits per heavy atom. The maximum Gasteiger partial charge on any atom is 0.252 e. The third kappa shape index (κ3) is 2.88. The molecule has 2 aliphatic heterocycles. The molecule has 2 fully saturated rings. The lowest BCUT2D eigenvalue weighted by atomic mass is 9.86. The number of hydrogen-bond acceptors (Lipinski definition) is 4. The first-order valence-electron chi connectivity index (χ1n) is 7.99. The predicted octanol–water partition coefficient (Wildman–Crippen LogP) is 2.70. The van der Waals surface area contributed by atoms with Crippen LogP contribution in [0.25, 0.3) is 0 Å². The van der Waals surface area contributed by atoms with Crippen LogP contribution in [0.15, 0.2) is 46.0 Å². The van der Waals surface area contributed by atoms with Crippen molar-refractivity contribution >= 4 is 33.0 Å². The molecule has 4 rings (SSSR count). The van der Waals surface area contributed by atoms with Gasteiger partial charge in [-0.15, -0.1) is 11.3 Å². The van der Waals surface area contributed by atoms with Gasteiger partial charge in [0.05, 0.1) is 0 Å². The van der Waals surface area contributed by atoms with E-state index in [2.05, 4.69) is 0 Å². The van der Waals surface area contributed by atoms with Crippen LogP contribution >= 0.6 is 11.3 Å². The van der Waals surface area contributed by atoms with E-state index in [1.807, 2.05) is 0 Å². The van der Waals surface area contributed by atoms with E-state index in [1.54, 1.807) is 34.5 Å². The van der Waals surface area contributed by atoms with Crippen LogP contribution in [0.5, 0.6) is 0 Å². The van der Waals surface area contributed by atoms with E-state index in [1.165, 1.54) is 27.8 Å². The molecule has 25 heavy (non-hydrogen) atoms. The normalized spacial score (nSPS) is 24.5. The average Bonchev–Trinajstić information content (AvgIpc) is 3.29. The Morgan fingerprint density at radius 2 is 2.00 bits per heavy atom. The minimum Gasteiger partial charge on any atom is -0.312 e. The summed E-state index contributed by atoms with van der Waals surface area (Å²) in [5, 5.41) is 1.74. The molecule has 1 amide bonds. The molecular formula is C17H17FN2O3S2. The zero-order valence-corrected chi connectivity index (χ0v) is 15.0. The molecule has 0 unspecified atom stereocenters. The number of hydrogen-bond donors (Lipinski definition) is 0. The highest BCUT2D eigenvalue weighted by Gasteiger charge is 2.50. The highest BCUT2D eigenvalue weighted by molar-refractivity contribution is 7.91. The summed E-state index contributed by atoms with van der Waals surface area (Å²) in [6.07, 6.45) is 0.926. The lowest BCUT2D eigenvalue weighted by molar-refractivity contribution is -0.117. The number of thiophene rings is 1. The summed E-state index contributed by atoms with van der Waals surface area (Å²) in [5.41, 5.74) is 0.134. The van der Waals surface area contributed by atoms with Gasteiger partial charge in [0.1, 0.15) is 10.0 Å². The molecule has 0 radical (unpaired) electrons. The van der Waals surface area contributed by atoms with Crippen molar-refractivity contribution in [3.05, 3.63) is 47.6 Å². The van der Waals surface area contributed by atoms with Crippen LogP contribution in [0.4, 0.5) is 10.1 Å². The molecule has 2 saturated heterocycles. The van der Waals surface area contributed by atoms with Crippen molar-refractivity contribution in [3.8, 4) is 0 Å². The molecule has 0 N–H and O–H groups in total. The molecule has 5 nitrogen and oxygen atoms in total. The number of sulfonamides is 1. The molecule has 0 bridgehead atoms. The van der Waals surface area contributed by atoms with Crippen molar-refractivity contribution in [2.24, 2.45) is 5.41 Å². The Bertz CT molecular complexity index is 914. The number of anilines is 1. The Morgan fingerprint density at radius 3 is 2.72 bits per heavy atom. The maximum absolute atomic E-state index is 13.5. The second-order valence-corrected chi connectivity index (χ2v) is 9.77. The number of nitrogens with zero attached hydrogens (tertiary/aromatic N) is 2. The van der Waals surface area contributed by atoms with Crippen molar-refractivity contribution in [2.75, 3.05) is 24.5 Å². The summed E-state index contributed by atoms with van der Waals surface area (Å²) >= 11 is 1.20. The van der Waals surface area contributed by atoms with Gasteiger partial charge < -0.3 is 4.90 Å². The van der Waals surface area contributed by atoms with Crippen molar-refractivity contribution in [3.63, 3.8) is 0 Å². The molecule has 132 valence electrons. The van der Waals surface area contributed by atoms with E-state index < -0.39 is 15.4 Å². The quantitative estimate of drug-likeness (QED) is 0.823. The van der Waals surface area contributed by atoms with E-state index in [0.717, 1.165) is 0 Å². The van der Waals surface area contributed by atoms with Crippen LogP contribution in [-0.4, -0.2) is 38.3 Å². The standard InChI is InChI=1S/C17H17FN2O3S2/c18-13-3-1-4-14(9-13)20-12-17(10-15(20)21)6-7-19(11-17)25(22,23)16-5-2-8-24-16/h1-5,8-9H,6-7,10-12H2/t17-/m1/s1. The summed E-state index contributed by atoms with van der Waals surface area (Å²) in [7, 11) is -3.50. The number of carbonyl (C=O) groups excluding carboxylic acids is 1. The lowest BCUT2D eigenvalue weighted by Crippen LogP contribution is -2.34. The largest absolute Gasteiger partial charge is 0.312 e. The second kappa shape index (κ2) is 5.89. The van der Waals surface area contributed by atoms with Crippen LogP contribution in [0.3, 0.4) is 0 Å². The Kier molecular flexibility index (Phi) is 3.93. The number of carbonyl (C=O) groups is 1. The summed E-state index contributed by atoms with van der Waals surface area (Å²) in [6.45, 7) is 1.15. The molecule has 8 heteroatoms. The summed E-state index contributed by atoms with van der Waals surface area (Å²) in [6, 6.07) is 9.27. The molecule has 2 aromatic rings. The van der Waals surface area contributed by atoms with Gasteiger partial charge >= 0.3 is 0 Å². The van der Waals surface area contributed by atoms with Crippen molar-refractivity contribution in [1.82, 2.24) is 4.31 Å². The first-order chi connectivity index (χ1) is 11.9. The Hall–Kier alpha value is -1.77. The predicted molar refractivity (Wildman–Crippen MR) is 93.5 cm³/mol. The van der Waals surface area contributed by atoms with Crippen LogP contribution in [0.1, 0.15) is 12.8 Å². The first-order valence-corrected chi connectivity index (χ1v) is 10.3. The highest BCUT2D eigenvalue weighted by atomic mass is 32.2. The van der Waals surface area contributed by atoms with Crippen LogP contribution in [0.2, 0.25) is 0 Å². The van der Waals surface area contributed by atoms with Gasteiger partial charge in [0.25, 0.3) is 10.0 Å². The molecule has 3 heterocycles. The number of amides is 1. The van der Waals surface area contributed by atoms with Crippen LogP contribution in [-0.2, 0) is 14.8 Å². The van der Waals surface area contributed by atoms with Gasteiger partial charge in [0.2, 0.25) is 5.91 Å². The molecule has 0 aliphatic carbocycles. The summed E-state index contributed by atoms with van der Waals surface area (Å²) < 4.78 is 40.7. The minimum atomic E-state index is -3.50. The molecule has 1 atom stereocenters. The zero-order chi connectivity index (χ0) is 17.7. The van der Waals surface area contributed by atoms with Gasteiger partial charge in [0, 0.05) is 37.2 Å². The second-order valence-electron chi connectivity index (χ2n) is 6.66. The molecular weight excluding hydrogens is 363 g/mol.